The van der Waals surface area contributed by atoms with E-state index in [4.69, 9.17) is 11.6 Å². The number of imidazole rings is 1. The van der Waals surface area contributed by atoms with Gasteiger partial charge >= 0.3 is 0 Å². The van der Waals surface area contributed by atoms with Gasteiger partial charge in [0.25, 0.3) is 11.6 Å². The second kappa shape index (κ2) is 7.37. The molecule has 1 aromatic heterocycles. The topological polar surface area (TPSA) is 90.1 Å². The Morgan fingerprint density at radius 2 is 1.86 bits per heavy atom. The molecule has 0 saturated carbocycles. The fourth-order valence-corrected chi connectivity index (χ4v) is 3.38. The first-order valence-corrected chi connectivity index (χ1v) is 9.11. The van der Waals surface area contributed by atoms with Crippen LogP contribution in [0.5, 0.6) is 0 Å². The number of rotatable bonds is 4. The SMILES string of the molecule is Cc1nc2cc(NC(=O)c3cc([N+](=O)[O-])ccc3Cl)ccc2n1-c1ccccc1. The predicted molar refractivity (Wildman–Crippen MR) is 112 cm³/mol. The molecule has 4 aromatic rings. The summed E-state index contributed by atoms with van der Waals surface area (Å²) in [4.78, 5) is 27.6. The number of hydrogen-bond acceptors (Lipinski definition) is 4. The van der Waals surface area contributed by atoms with Crippen molar-refractivity contribution in [3.63, 3.8) is 0 Å². The number of fused-ring (bicyclic) bond motifs is 1. The molecule has 0 aliphatic rings. The molecule has 1 N–H and O–H groups in total. The summed E-state index contributed by atoms with van der Waals surface area (Å²) in [5.74, 6) is 0.286. The molecule has 0 atom stereocenters. The normalized spacial score (nSPS) is 10.8. The van der Waals surface area contributed by atoms with Crippen molar-refractivity contribution in [3.8, 4) is 5.69 Å². The predicted octanol–water partition coefficient (Wildman–Crippen LogP) is 5.15. The summed E-state index contributed by atoms with van der Waals surface area (Å²) >= 11 is 6.05. The fraction of sp³-hybridized carbons (Fsp3) is 0.0476. The molecule has 144 valence electrons. The molecule has 1 heterocycles. The van der Waals surface area contributed by atoms with Crippen molar-refractivity contribution >= 4 is 39.9 Å². The first-order chi connectivity index (χ1) is 13.9. The van der Waals surface area contributed by atoms with Crippen molar-refractivity contribution in [1.82, 2.24) is 9.55 Å². The molecule has 0 radical (unpaired) electrons. The van der Waals surface area contributed by atoms with Gasteiger partial charge in [0, 0.05) is 23.5 Å². The summed E-state index contributed by atoms with van der Waals surface area (Å²) in [6.07, 6.45) is 0. The molecule has 0 fully saturated rings. The van der Waals surface area contributed by atoms with Crippen LogP contribution in [0.1, 0.15) is 16.2 Å². The maximum atomic E-state index is 12.6. The highest BCUT2D eigenvalue weighted by Gasteiger charge is 2.17. The largest absolute Gasteiger partial charge is 0.322 e. The van der Waals surface area contributed by atoms with Gasteiger partial charge in [-0.2, -0.15) is 0 Å². The van der Waals surface area contributed by atoms with Gasteiger partial charge in [-0.15, -0.1) is 0 Å². The van der Waals surface area contributed by atoms with Crippen molar-refractivity contribution in [3.05, 3.63) is 93.3 Å². The van der Waals surface area contributed by atoms with Gasteiger partial charge in [0.2, 0.25) is 0 Å². The van der Waals surface area contributed by atoms with Crippen LogP contribution < -0.4 is 5.32 Å². The minimum atomic E-state index is -0.571. The number of anilines is 1. The average Bonchev–Trinajstić information content (AvgIpc) is 3.03. The van der Waals surface area contributed by atoms with Crippen LogP contribution in [0.2, 0.25) is 5.02 Å². The van der Waals surface area contributed by atoms with Crippen LogP contribution in [0.4, 0.5) is 11.4 Å². The van der Waals surface area contributed by atoms with Gasteiger partial charge < -0.3 is 5.32 Å². The number of nitro benzene ring substituents is 1. The highest BCUT2D eigenvalue weighted by molar-refractivity contribution is 6.34. The quantitative estimate of drug-likeness (QED) is 0.375. The molecule has 0 aliphatic heterocycles. The molecule has 3 aromatic carbocycles. The van der Waals surface area contributed by atoms with E-state index < -0.39 is 10.8 Å². The van der Waals surface area contributed by atoms with Crippen LogP contribution in [-0.2, 0) is 0 Å². The molecule has 0 spiro atoms. The summed E-state index contributed by atoms with van der Waals surface area (Å²) in [6.45, 7) is 1.91. The van der Waals surface area contributed by atoms with Crippen LogP contribution in [0.15, 0.2) is 66.7 Å². The molecule has 0 saturated heterocycles. The Hall–Kier alpha value is -3.71. The van der Waals surface area contributed by atoms with Crippen LogP contribution >= 0.6 is 11.6 Å². The van der Waals surface area contributed by atoms with Crippen molar-refractivity contribution in [2.24, 2.45) is 0 Å². The van der Waals surface area contributed by atoms with Gasteiger partial charge in [0.1, 0.15) is 5.82 Å². The number of carbonyl (C=O) groups is 1. The Morgan fingerprint density at radius 1 is 1.10 bits per heavy atom. The van der Waals surface area contributed by atoms with E-state index in [1.54, 1.807) is 12.1 Å². The number of nitro groups is 1. The minimum Gasteiger partial charge on any atom is -0.322 e. The molecular formula is C21H15ClN4O3. The Labute approximate surface area is 170 Å². The van der Waals surface area contributed by atoms with Crippen LogP contribution in [-0.4, -0.2) is 20.4 Å². The highest BCUT2D eigenvalue weighted by atomic mass is 35.5. The lowest BCUT2D eigenvalue weighted by Gasteiger charge is -2.08. The van der Waals surface area contributed by atoms with E-state index in [0.717, 1.165) is 23.1 Å². The van der Waals surface area contributed by atoms with Crippen LogP contribution in [0, 0.1) is 17.0 Å². The minimum absolute atomic E-state index is 0.0342. The summed E-state index contributed by atoms with van der Waals surface area (Å²) in [5.41, 5.74) is 2.96. The van der Waals surface area contributed by atoms with E-state index in [2.05, 4.69) is 10.3 Å². The number of hydrogen-bond donors (Lipinski definition) is 1. The van der Waals surface area contributed by atoms with Crippen molar-refractivity contribution in [2.75, 3.05) is 5.32 Å². The van der Waals surface area contributed by atoms with Crippen LogP contribution in [0.25, 0.3) is 16.7 Å². The number of carbonyl (C=O) groups excluding carboxylic acids is 1. The molecule has 7 nitrogen and oxygen atoms in total. The number of nitrogens with one attached hydrogen (secondary N) is 1. The molecular weight excluding hydrogens is 392 g/mol. The van der Waals surface area contributed by atoms with Gasteiger partial charge in [-0.05, 0) is 43.3 Å². The molecule has 8 heteroatoms. The summed E-state index contributed by atoms with van der Waals surface area (Å²) < 4.78 is 2.03. The number of amides is 1. The lowest BCUT2D eigenvalue weighted by atomic mass is 10.1. The third kappa shape index (κ3) is 3.55. The fourth-order valence-electron chi connectivity index (χ4n) is 3.18. The lowest BCUT2D eigenvalue weighted by Crippen LogP contribution is -2.12. The number of para-hydroxylation sites is 1. The third-order valence-electron chi connectivity index (χ3n) is 4.50. The van der Waals surface area contributed by atoms with Crippen molar-refractivity contribution in [1.29, 1.82) is 0 Å². The second-order valence-corrected chi connectivity index (χ2v) is 6.82. The van der Waals surface area contributed by atoms with E-state index in [-0.39, 0.29) is 16.3 Å². The zero-order chi connectivity index (χ0) is 20.5. The molecule has 0 aliphatic carbocycles. The van der Waals surface area contributed by atoms with Gasteiger partial charge in [0.15, 0.2) is 0 Å². The van der Waals surface area contributed by atoms with Crippen molar-refractivity contribution < 1.29 is 9.72 Å². The van der Waals surface area contributed by atoms with E-state index in [1.165, 1.54) is 12.1 Å². The maximum Gasteiger partial charge on any atom is 0.270 e. The Balaban J connectivity index is 1.67. The number of benzene rings is 3. The molecule has 0 unspecified atom stereocenters. The Morgan fingerprint density at radius 3 is 2.59 bits per heavy atom. The number of aromatic nitrogens is 2. The smallest absolute Gasteiger partial charge is 0.270 e. The molecule has 29 heavy (non-hydrogen) atoms. The summed E-state index contributed by atoms with van der Waals surface area (Å²) in [7, 11) is 0. The van der Waals surface area contributed by atoms with Gasteiger partial charge in [-0.3, -0.25) is 19.5 Å². The molecule has 0 bridgehead atoms. The summed E-state index contributed by atoms with van der Waals surface area (Å²) in [6, 6.07) is 19.0. The first-order valence-electron chi connectivity index (χ1n) is 8.74. The van der Waals surface area contributed by atoms with E-state index >= 15 is 0 Å². The average molecular weight is 407 g/mol. The van der Waals surface area contributed by atoms with Crippen LogP contribution in [0.3, 0.4) is 0 Å². The van der Waals surface area contributed by atoms with Crippen molar-refractivity contribution in [2.45, 2.75) is 6.92 Å². The first kappa shape index (κ1) is 18.6. The van der Waals surface area contributed by atoms with Gasteiger partial charge in [0.05, 0.1) is 26.5 Å². The molecule has 4 rings (SSSR count). The van der Waals surface area contributed by atoms with E-state index in [9.17, 15) is 14.9 Å². The lowest BCUT2D eigenvalue weighted by molar-refractivity contribution is -0.384. The zero-order valence-electron chi connectivity index (χ0n) is 15.3. The number of nitrogens with zero attached hydrogens (tertiary/aromatic N) is 3. The van der Waals surface area contributed by atoms with E-state index in [0.29, 0.717) is 11.2 Å². The Kier molecular flexibility index (Phi) is 4.74. The number of halogens is 1. The highest BCUT2D eigenvalue weighted by Crippen LogP contribution is 2.26. The van der Waals surface area contributed by atoms with E-state index in [1.807, 2.05) is 47.9 Å². The zero-order valence-corrected chi connectivity index (χ0v) is 16.1. The number of non-ortho nitro benzene ring substituents is 1. The number of aryl methyl sites for hydroxylation is 1. The third-order valence-corrected chi connectivity index (χ3v) is 4.83. The van der Waals surface area contributed by atoms with Gasteiger partial charge in [-0.1, -0.05) is 29.8 Å². The van der Waals surface area contributed by atoms with Gasteiger partial charge in [-0.25, -0.2) is 4.98 Å². The standard InChI is InChI=1S/C21H15ClN4O3/c1-13-23-19-11-14(7-10-20(19)25(13)15-5-3-2-4-6-15)24-21(27)17-12-16(26(28)29)8-9-18(17)22/h2-12H,1H3,(H,24,27). The Bertz CT molecular complexity index is 1250. The second-order valence-electron chi connectivity index (χ2n) is 6.41. The monoisotopic (exact) mass is 406 g/mol. The molecule has 1 amide bonds. The summed E-state index contributed by atoms with van der Waals surface area (Å²) in [5, 5.41) is 13.8. The maximum absolute atomic E-state index is 12.6.